The van der Waals surface area contributed by atoms with Gasteiger partial charge in [0.2, 0.25) is 11.8 Å². The molecular weight excluding hydrogens is 206 g/mol. The lowest BCUT2D eigenvalue weighted by atomic mass is 10.1. The van der Waals surface area contributed by atoms with Crippen molar-refractivity contribution in [3.8, 4) is 0 Å². The molecule has 5 nitrogen and oxygen atoms in total. The molecule has 16 heavy (non-hydrogen) atoms. The molecule has 0 heterocycles. The van der Waals surface area contributed by atoms with E-state index in [-0.39, 0.29) is 11.8 Å². The van der Waals surface area contributed by atoms with Crippen LogP contribution in [-0.2, 0) is 9.59 Å². The zero-order chi connectivity index (χ0) is 12.6. The van der Waals surface area contributed by atoms with E-state index in [1.54, 1.807) is 14.1 Å². The van der Waals surface area contributed by atoms with Crippen LogP contribution in [0.4, 0.5) is 0 Å². The van der Waals surface area contributed by atoms with E-state index in [0.717, 1.165) is 6.42 Å². The second-order valence-electron chi connectivity index (χ2n) is 4.27. The molecule has 0 rings (SSSR count). The molecule has 0 aromatic heterocycles. The number of hydrogen-bond acceptors (Lipinski definition) is 3. The molecule has 0 aromatic carbocycles. The van der Waals surface area contributed by atoms with Crippen molar-refractivity contribution in [3.05, 3.63) is 0 Å². The van der Waals surface area contributed by atoms with Crippen LogP contribution in [0, 0.1) is 5.92 Å². The Bertz CT molecular complexity index is 229. The Morgan fingerprint density at radius 2 is 1.94 bits per heavy atom. The average Bonchev–Trinajstić information content (AvgIpc) is 2.25. The lowest BCUT2D eigenvalue weighted by molar-refractivity contribution is -0.128. The monoisotopic (exact) mass is 229 g/mol. The van der Waals surface area contributed by atoms with Crippen molar-refractivity contribution < 1.29 is 9.59 Å². The Hall–Kier alpha value is -1.10. The van der Waals surface area contributed by atoms with Crippen molar-refractivity contribution in [1.29, 1.82) is 0 Å². The van der Waals surface area contributed by atoms with Gasteiger partial charge in [0.15, 0.2) is 0 Å². The van der Waals surface area contributed by atoms with E-state index < -0.39 is 0 Å². The highest BCUT2D eigenvalue weighted by atomic mass is 16.2. The quantitative estimate of drug-likeness (QED) is 0.643. The summed E-state index contributed by atoms with van der Waals surface area (Å²) in [6.45, 7) is 3.03. The molecular formula is C11H23N3O2. The third kappa shape index (κ3) is 7.23. The van der Waals surface area contributed by atoms with Crippen LogP contribution < -0.4 is 11.1 Å². The molecule has 0 saturated carbocycles. The number of nitrogens with one attached hydrogen (secondary N) is 1. The van der Waals surface area contributed by atoms with Crippen LogP contribution in [0.5, 0.6) is 0 Å². The molecule has 1 atom stereocenters. The standard InChI is InChI=1S/C11H23N3O2/c1-9(8-12)4-5-10(15)13-7-6-11(16)14(2)3/h9H,4-8,12H2,1-3H3,(H,13,15). The van der Waals surface area contributed by atoms with Gasteiger partial charge in [-0.05, 0) is 18.9 Å². The largest absolute Gasteiger partial charge is 0.356 e. The minimum absolute atomic E-state index is 0.00754. The van der Waals surface area contributed by atoms with Gasteiger partial charge in [-0.1, -0.05) is 6.92 Å². The van der Waals surface area contributed by atoms with Gasteiger partial charge in [-0.25, -0.2) is 0 Å². The maximum Gasteiger partial charge on any atom is 0.223 e. The molecule has 0 aromatic rings. The van der Waals surface area contributed by atoms with Gasteiger partial charge in [0.25, 0.3) is 0 Å². The van der Waals surface area contributed by atoms with Crippen molar-refractivity contribution in [3.63, 3.8) is 0 Å². The zero-order valence-corrected chi connectivity index (χ0v) is 10.5. The normalized spacial score (nSPS) is 12.0. The Kier molecular flexibility index (Phi) is 7.54. The Labute approximate surface area is 97.4 Å². The summed E-state index contributed by atoms with van der Waals surface area (Å²) in [6.07, 6.45) is 1.63. The number of carbonyl (C=O) groups is 2. The summed E-state index contributed by atoms with van der Waals surface area (Å²) in [5, 5.41) is 2.72. The highest BCUT2D eigenvalue weighted by molar-refractivity contribution is 5.78. The summed E-state index contributed by atoms with van der Waals surface area (Å²) < 4.78 is 0. The first-order valence-corrected chi connectivity index (χ1v) is 5.64. The topological polar surface area (TPSA) is 75.4 Å². The van der Waals surface area contributed by atoms with Gasteiger partial charge in [-0.2, -0.15) is 0 Å². The average molecular weight is 229 g/mol. The Balaban J connectivity index is 3.55. The van der Waals surface area contributed by atoms with Crippen LogP contribution in [0.15, 0.2) is 0 Å². The molecule has 2 amide bonds. The molecule has 0 radical (unpaired) electrons. The third-order valence-corrected chi connectivity index (χ3v) is 2.43. The molecule has 0 bridgehead atoms. The lowest BCUT2D eigenvalue weighted by Crippen LogP contribution is -2.30. The van der Waals surface area contributed by atoms with Gasteiger partial charge in [0, 0.05) is 33.5 Å². The Morgan fingerprint density at radius 1 is 1.31 bits per heavy atom. The van der Waals surface area contributed by atoms with E-state index in [9.17, 15) is 9.59 Å². The fraction of sp³-hybridized carbons (Fsp3) is 0.818. The predicted octanol–water partition coefficient (Wildman–Crippen LogP) is -0.0441. The number of carbonyl (C=O) groups excluding carboxylic acids is 2. The van der Waals surface area contributed by atoms with Crippen LogP contribution in [0.25, 0.3) is 0 Å². The first-order chi connectivity index (χ1) is 7.47. The minimum Gasteiger partial charge on any atom is -0.356 e. The van der Waals surface area contributed by atoms with Crippen LogP contribution in [0.1, 0.15) is 26.2 Å². The van der Waals surface area contributed by atoms with Crippen LogP contribution in [-0.4, -0.2) is 43.9 Å². The Morgan fingerprint density at radius 3 is 2.44 bits per heavy atom. The molecule has 0 spiro atoms. The summed E-state index contributed by atoms with van der Waals surface area (Å²) in [5.74, 6) is 0.386. The molecule has 94 valence electrons. The van der Waals surface area contributed by atoms with Crippen molar-refractivity contribution >= 4 is 11.8 Å². The summed E-state index contributed by atoms with van der Waals surface area (Å²) in [6, 6.07) is 0. The fourth-order valence-electron chi connectivity index (χ4n) is 1.12. The van der Waals surface area contributed by atoms with E-state index in [1.807, 2.05) is 6.92 Å². The molecule has 5 heteroatoms. The van der Waals surface area contributed by atoms with Crippen molar-refractivity contribution in [1.82, 2.24) is 10.2 Å². The number of hydrogen-bond donors (Lipinski definition) is 2. The van der Waals surface area contributed by atoms with Gasteiger partial charge in [0.1, 0.15) is 0 Å². The fourth-order valence-corrected chi connectivity index (χ4v) is 1.12. The number of nitrogens with zero attached hydrogens (tertiary/aromatic N) is 1. The first-order valence-electron chi connectivity index (χ1n) is 5.64. The van der Waals surface area contributed by atoms with Crippen molar-refractivity contribution in [2.45, 2.75) is 26.2 Å². The smallest absolute Gasteiger partial charge is 0.223 e. The van der Waals surface area contributed by atoms with Gasteiger partial charge >= 0.3 is 0 Å². The summed E-state index contributed by atoms with van der Waals surface area (Å²) in [7, 11) is 3.40. The maximum absolute atomic E-state index is 11.3. The van der Waals surface area contributed by atoms with Crippen LogP contribution >= 0.6 is 0 Å². The second kappa shape index (κ2) is 8.10. The molecule has 0 aliphatic rings. The molecule has 0 aliphatic heterocycles. The number of nitrogens with two attached hydrogens (primary N) is 1. The van der Waals surface area contributed by atoms with Crippen molar-refractivity contribution in [2.24, 2.45) is 11.7 Å². The predicted molar refractivity (Wildman–Crippen MR) is 63.8 cm³/mol. The highest BCUT2D eigenvalue weighted by Crippen LogP contribution is 2.02. The van der Waals surface area contributed by atoms with Gasteiger partial charge in [0.05, 0.1) is 0 Å². The van der Waals surface area contributed by atoms with E-state index in [4.69, 9.17) is 5.73 Å². The van der Waals surface area contributed by atoms with E-state index in [0.29, 0.717) is 31.8 Å². The second-order valence-corrected chi connectivity index (χ2v) is 4.27. The maximum atomic E-state index is 11.3. The zero-order valence-electron chi connectivity index (χ0n) is 10.5. The third-order valence-electron chi connectivity index (χ3n) is 2.43. The van der Waals surface area contributed by atoms with E-state index in [2.05, 4.69) is 5.32 Å². The SMILES string of the molecule is CC(CN)CCC(=O)NCCC(=O)N(C)C. The van der Waals surface area contributed by atoms with Gasteiger partial charge in [-0.15, -0.1) is 0 Å². The van der Waals surface area contributed by atoms with Gasteiger partial charge < -0.3 is 16.0 Å². The number of rotatable bonds is 7. The van der Waals surface area contributed by atoms with Crippen LogP contribution in [0.2, 0.25) is 0 Å². The molecule has 0 saturated heterocycles. The minimum atomic E-state index is -0.00754. The van der Waals surface area contributed by atoms with E-state index >= 15 is 0 Å². The highest BCUT2D eigenvalue weighted by Gasteiger charge is 2.07. The van der Waals surface area contributed by atoms with Crippen molar-refractivity contribution in [2.75, 3.05) is 27.2 Å². The summed E-state index contributed by atoms with van der Waals surface area (Å²) in [4.78, 5) is 24.0. The molecule has 0 aliphatic carbocycles. The summed E-state index contributed by atoms with van der Waals surface area (Å²) >= 11 is 0. The molecule has 0 fully saturated rings. The number of amides is 2. The van der Waals surface area contributed by atoms with Gasteiger partial charge in [-0.3, -0.25) is 9.59 Å². The van der Waals surface area contributed by atoms with E-state index in [1.165, 1.54) is 4.90 Å². The van der Waals surface area contributed by atoms with Crippen LogP contribution in [0.3, 0.4) is 0 Å². The lowest BCUT2D eigenvalue weighted by Gasteiger charge is -2.11. The molecule has 1 unspecified atom stereocenters. The molecule has 3 N–H and O–H groups in total. The first kappa shape index (κ1) is 14.9. The summed E-state index contributed by atoms with van der Waals surface area (Å²) in [5.41, 5.74) is 5.45.